The summed E-state index contributed by atoms with van der Waals surface area (Å²) >= 11 is 0. The molecule has 0 amide bonds. The van der Waals surface area contributed by atoms with Crippen LogP contribution in [-0.2, 0) is 23.1 Å². The summed E-state index contributed by atoms with van der Waals surface area (Å²) in [6.07, 6.45) is -1.60. The molecule has 0 bridgehead atoms. The van der Waals surface area contributed by atoms with Crippen molar-refractivity contribution in [1.82, 2.24) is 9.55 Å². The van der Waals surface area contributed by atoms with E-state index < -0.39 is 26.8 Å². The van der Waals surface area contributed by atoms with E-state index in [-0.39, 0.29) is 10.7 Å². The Kier molecular flexibility index (Phi) is 3.83. The molecule has 0 unspecified atom stereocenters. The van der Waals surface area contributed by atoms with Crippen molar-refractivity contribution < 1.29 is 21.6 Å². The molecular formula is C13H13F3N2O2S. The first-order valence-electron chi connectivity index (χ1n) is 6.02. The molecule has 0 N–H and O–H groups in total. The van der Waals surface area contributed by atoms with E-state index in [4.69, 9.17) is 0 Å². The van der Waals surface area contributed by atoms with E-state index in [0.717, 1.165) is 12.1 Å². The summed E-state index contributed by atoms with van der Waals surface area (Å²) in [7, 11) is -2.22. The number of nitrogens with zero attached hydrogens (tertiary/aromatic N) is 2. The lowest BCUT2D eigenvalue weighted by Crippen LogP contribution is -2.15. The molecule has 4 nitrogen and oxygen atoms in total. The van der Waals surface area contributed by atoms with Gasteiger partial charge in [0, 0.05) is 19.4 Å². The smallest absolute Gasteiger partial charge is 0.325 e. The largest absolute Gasteiger partial charge is 0.416 e. The number of rotatable bonds is 3. The second-order valence-corrected chi connectivity index (χ2v) is 6.79. The number of imidazole rings is 1. The Morgan fingerprint density at radius 1 is 1.19 bits per heavy atom. The maximum atomic E-state index is 12.5. The highest BCUT2D eigenvalue weighted by atomic mass is 32.2. The van der Waals surface area contributed by atoms with E-state index in [9.17, 15) is 21.6 Å². The van der Waals surface area contributed by atoms with E-state index in [1.807, 2.05) is 0 Å². The zero-order valence-electron chi connectivity index (χ0n) is 11.3. The SMILES string of the molecule is C[C@@H](c1ccc(C(F)(F)F)cc1)S(=O)(=O)c1nccn1C. The molecule has 2 aromatic rings. The van der Waals surface area contributed by atoms with Crippen molar-refractivity contribution in [2.75, 3.05) is 0 Å². The van der Waals surface area contributed by atoms with Crippen molar-refractivity contribution in [3.8, 4) is 0 Å². The first-order chi connectivity index (χ1) is 9.64. The molecule has 0 aliphatic carbocycles. The predicted molar refractivity (Wildman–Crippen MR) is 70.3 cm³/mol. The molecule has 8 heteroatoms. The van der Waals surface area contributed by atoms with Crippen molar-refractivity contribution in [2.24, 2.45) is 7.05 Å². The van der Waals surface area contributed by atoms with Crippen molar-refractivity contribution in [1.29, 1.82) is 0 Å². The van der Waals surface area contributed by atoms with Crippen molar-refractivity contribution in [3.63, 3.8) is 0 Å². The molecule has 0 saturated heterocycles. The van der Waals surface area contributed by atoms with Crippen LogP contribution < -0.4 is 0 Å². The van der Waals surface area contributed by atoms with Gasteiger partial charge in [-0.1, -0.05) is 12.1 Å². The van der Waals surface area contributed by atoms with Crippen LogP contribution in [0, 0.1) is 0 Å². The lowest BCUT2D eigenvalue weighted by atomic mass is 10.1. The van der Waals surface area contributed by atoms with Gasteiger partial charge >= 0.3 is 6.18 Å². The van der Waals surface area contributed by atoms with Crippen LogP contribution in [0.4, 0.5) is 13.2 Å². The Morgan fingerprint density at radius 3 is 2.19 bits per heavy atom. The van der Waals surface area contributed by atoms with Gasteiger partial charge in [0.25, 0.3) is 0 Å². The lowest BCUT2D eigenvalue weighted by Gasteiger charge is -2.14. The molecule has 0 saturated carbocycles. The summed E-state index contributed by atoms with van der Waals surface area (Å²) in [6.45, 7) is 1.42. The molecule has 1 aromatic heterocycles. The number of hydrogen-bond acceptors (Lipinski definition) is 3. The average Bonchev–Trinajstić information content (AvgIpc) is 2.84. The van der Waals surface area contributed by atoms with E-state index in [2.05, 4.69) is 4.98 Å². The monoisotopic (exact) mass is 318 g/mol. The fourth-order valence-corrected chi connectivity index (χ4v) is 3.41. The standard InChI is InChI=1S/C13H13F3N2O2S/c1-9(21(19,20)12-17-7-8-18(12)2)10-3-5-11(6-4-10)13(14,15)16/h3-9H,1-2H3/t9-/m0/s1. The molecule has 1 aromatic carbocycles. The predicted octanol–water partition coefficient (Wildman–Crippen LogP) is 2.97. The quantitative estimate of drug-likeness (QED) is 0.874. The van der Waals surface area contributed by atoms with Crippen LogP contribution in [-0.4, -0.2) is 18.0 Å². The fraction of sp³-hybridized carbons (Fsp3) is 0.308. The number of alkyl halides is 3. The van der Waals surface area contributed by atoms with E-state index in [0.29, 0.717) is 0 Å². The number of aryl methyl sites for hydroxylation is 1. The number of benzene rings is 1. The van der Waals surface area contributed by atoms with Crippen LogP contribution in [0.1, 0.15) is 23.3 Å². The fourth-order valence-electron chi connectivity index (χ4n) is 1.91. The molecule has 0 aliphatic heterocycles. The number of aromatic nitrogens is 2. The van der Waals surface area contributed by atoms with Crippen molar-refractivity contribution >= 4 is 9.84 Å². The number of hydrogen-bond donors (Lipinski definition) is 0. The molecule has 0 fully saturated rings. The molecule has 0 spiro atoms. The van der Waals surface area contributed by atoms with Crippen LogP contribution in [0.25, 0.3) is 0 Å². The molecule has 114 valence electrons. The highest BCUT2D eigenvalue weighted by Crippen LogP contribution is 2.32. The Morgan fingerprint density at radius 2 is 1.76 bits per heavy atom. The van der Waals surface area contributed by atoms with Crippen LogP contribution >= 0.6 is 0 Å². The second-order valence-electron chi connectivity index (χ2n) is 4.63. The van der Waals surface area contributed by atoms with E-state index in [1.165, 1.54) is 36.0 Å². The van der Waals surface area contributed by atoms with Gasteiger partial charge in [0.05, 0.1) is 10.8 Å². The number of sulfone groups is 1. The van der Waals surface area contributed by atoms with Gasteiger partial charge < -0.3 is 4.57 Å². The second kappa shape index (κ2) is 5.18. The van der Waals surface area contributed by atoms with Crippen LogP contribution in [0.15, 0.2) is 41.8 Å². The third kappa shape index (κ3) is 2.94. The van der Waals surface area contributed by atoms with Gasteiger partial charge in [-0.3, -0.25) is 0 Å². The van der Waals surface area contributed by atoms with Crippen LogP contribution in [0.5, 0.6) is 0 Å². The lowest BCUT2D eigenvalue weighted by molar-refractivity contribution is -0.137. The maximum Gasteiger partial charge on any atom is 0.416 e. The summed E-state index contributed by atoms with van der Waals surface area (Å²) in [6, 6.07) is 4.10. The summed E-state index contributed by atoms with van der Waals surface area (Å²) in [4.78, 5) is 3.79. The zero-order chi connectivity index (χ0) is 15.8. The molecule has 0 radical (unpaired) electrons. The van der Waals surface area contributed by atoms with Crippen molar-refractivity contribution in [2.45, 2.75) is 23.5 Å². The molecule has 21 heavy (non-hydrogen) atoms. The first kappa shape index (κ1) is 15.6. The Labute approximate surface area is 120 Å². The minimum atomic E-state index is -4.44. The van der Waals surface area contributed by atoms with Crippen LogP contribution in [0.2, 0.25) is 0 Å². The summed E-state index contributed by atoms with van der Waals surface area (Å²) in [5.74, 6) is 0. The third-order valence-corrected chi connectivity index (χ3v) is 5.31. The molecule has 0 aliphatic rings. The van der Waals surface area contributed by atoms with Gasteiger partial charge in [0.1, 0.15) is 0 Å². The molecular weight excluding hydrogens is 305 g/mol. The topological polar surface area (TPSA) is 52.0 Å². The zero-order valence-corrected chi connectivity index (χ0v) is 12.1. The van der Waals surface area contributed by atoms with Gasteiger partial charge in [0.2, 0.25) is 15.0 Å². The minimum absolute atomic E-state index is 0.116. The summed E-state index contributed by atoms with van der Waals surface area (Å²) in [5.41, 5.74) is -0.529. The highest BCUT2D eigenvalue weighted by Gasteiger charge is 2.32. The maximum absolute atomic E-state index is 12.5. The highest BCUT2D eigenvalue weighted by molar-refractivity contribution is 7.91. The van der Waals surface area contributed by atoms with Gasteiger partial charge in [-0.25, -0.2) is 13.4 Å². The van der Waals surface area contributed by atoms with Gasteiger partial charge in [-0.15, -0.1) is 0 Å². The average molecular weight is 318 g/mol. The van der Waals surface area contributed by atoms with Gasteiger partial charge in [0.15, 0.2) is 0 Å². The molecule has 2 rings (SSSR count). The summed E-state index contributed by atoms with van der Waals surface area (Å²) < 4.78 is 63.6. The summed E-state index contributed by atoms with van der Waals surface area (Å²) in [5, 5.41) is -1.10. The molecule has 1 atom stereocenters. The minimum Gasteiger partial charge on any atom is -0.325 e. The number of halogens is 3. The van der Waals surface area contributed by atoms with E-state index in [1.54, 1.807) is 7.05 Å². The van der Waals surface area contributed by atoms with Gasteiger partial charge in [-0.2, -0.15) is 13.2 Å². The van der Waals surface area contributed by atoms with Crippen molar-refractivity contribution in [3.05, 3.63) is 47.8 Å². The Bertz CT molecular complexity index is 734. The third-order valence-electron chi connectivity index (χ3n) is 3.20. The Balaban J connectivity index is 2.37. The molecule has 1 heterocycles. The van der Waals surface area contributed by atoms with E-state index >= 15 is 0 Å². The van der Waals surface area contributed by atoms with Crippen LogP contribution in [0.3, 0.4) is 0 Å². The van der Waals surface area contributed by atoms with Gasteiger partial charge in [-0.05, 0) is 24.6 Å². The normalized spacial score (nSPS) is 14.1. The Hall–Kier alpha value is -1.83. The first-order valence-corrected chi connectivity index (χ1v) is 7.57.